The summed E-state index contributed by atoms with van der Waals surface area (Å²) in [7, 11) is 0. The molecular weight excluding hydrogens is 508 g/mol. The molecule has 0 amide bonds. The van der Waals surface area contributed by atoms with E-state index < -0.39 is 5.41 Å². The molecule has 1 heterocycles. The van der Waals surface area contributed by atoms with Gasteiger partial charge in [-0.25, -0.2) is 0 Å². The van der Waals surface area contributed by atoms with E-state index in [1.54, 1.807) is 0 Å². The molecule has 42 heavy (non-hydrogen) atoms. The molecule has 0 unspecified atom stereocenters. The lowest BCUT2D eigenvalue weighted by molar-refractivity contribution is 0.439. The Labute approximate surface area is 243 Å². The molecule has 0 saturated carbocycles. The predicted molar refractivity (Wildman–Crippen MR) is 174 cm³/mol. The van der Waals surface area contributed by atoms with Gasteiger partial charge in [-0.05, 0) is 89.6 Å². The number of hydrogen-bond acceptors (Lipinski definition) is 1. The lowest BCUT2D eigenvalue weighted by atomic mass is 9.64. The van der Waals surface area contributed by atoms with Crippen molar-refractivity contribution in [2.75, 3.05) is 0 Å². The minimum Gasteiger partial charge on any atom is -0.457 e. The molecular formula is C41H24O. The summed E-state index contributed by atoms with van der Waals surface area (Å²) in [5, 5.41) is 9.99. The van der Waals surface area contributed by atoms with Crippen molar-refractivity contribution in [1.29, 1.82) is 0 Å². The lowest BCUT2D eigenvalue weighted by Gasteiger charge is -2.40. The lowest BCUT2D eigenvalue weighted by Crippen LogP contribution is -2.32. The van der Waals surface area contributed by atoms with Crippen LogP contribution in [0.25, 0.3) is 54.2 Å². The molecule has 8 aromatic rings. The molecule has 0 N–H and O–H groups in total. The highest BCUT2D eigenvalue weighted by molar-refractivity contribution is 6.19. The fourth-order valence-corrected chi connectivity index (χ4v) is 7.99. The van der Waals surface area contributed by atoms with Gasteiger partial charge >= 0.3 is 0 Å². The summed E-state index contributed by atoms with van der Waals surface area (Å²) in [4.78, 5) is 0. The number of fused-ring (bicyclic) bond motifs is 16. The molecule has 0 fully saturated rings. The van der Waals surface area contributed by atoms with Crippen molar-refractivity contribution < 1.29 is 4.74 Å². The number of ether oxygens (including phenoxy) is 1. The maximum absolute atomic E-state index is 6.91. The van der Waals surface area contributed by atoms with Crippen LogP contribution in [-0.2, 0) is 5.41 Å². The van der Waals surface area contributed by atoms with Crippen LogP contribution in [0.3, 0.4) is 0 Å². The van der Waals surface area contributed by atoms with E-state index in [4.69, 9.17) is 4.74 Å². The van der Waals surface area contributed by atoms with E-state index >= 15 is 0 Å². The standard InChI is InChI=1S/C41H24O/c1-3-13-27-23-37-35(21-25(27)11-1)41(36-22-26-12-2-4-14-28(26)24-38(36)42-37)34-20-10-9-19-33(34)39-31-17-7-5-15-29(31)30-16-6-8-18-32(30)40(39)41/h1-24H. The number of hydrogen-bond donors (Lipinski definition) is 0. The quantitative estimate of drug-likeness (QED) is 0.177. The Hall–Kier alpha value is -5.40. The van der Waals surface area contributed by atoms with Crippen LogP contribution in [-0.4, -0.2) is 0 Å². The summed E-state index contributed by atoms with van der Waals surface area (Å²) in [5.41, 5.74) is 7.17. The molecule has 1 nitrogen and oxygen atoms in total. The van der Waals surface area contributed by atoms with Gasteiger partial charge in [0, 0.05) is 11.1 Å². The van der Waals surface area contributed by atoms with Gasteiger partial charge < -0.3 is 4.74 Å². The molecule has 0 radical (unpaired) electrons. The zero-order chi connectivity index (χ0) is 27.4. The second kappa shape index (κ2) is 7.87. The van der Waals surface area contributed by atoms with E-state index in [0.29, 0.717) is 0 Å². The summed E-state index contributed by atoms with van der Waals surface area (Å²) in [6.07, 6.45) is 0. The van der Waals surface area contributed by atoms with E-state index in [1.165, 1.54) is 76.5 Å². The van der Waals surface area contributed by atoms with Crippen molar-refractivity contribution in [3.05, 3.63) is 168 Å². The van der Waals surface area contributed by atoms with Gasteiger partial charge in [0.05, 0.1) is 5.41 Å². The highest BCUT2D eigenvalue weighted by Crippen LogP contribution is 2.65. The van der Waals surface area contributed by atoms with E-state index in [9.17, 15) is 0 Å². The van der Waals surface area contributed by atoms with E-state index in [1.807, 2.05) is 0 Å². The van der Waals surface area contributed by atoms with Crippen molar-refractivity contribution in [1.82, 2.24) is 0 Å². The van der Waals surface area contributed by atoms with Gasteiger partial charge in [0.1, 0.15) is 11.5 Å². The second-order valence-electron chi connectivity index (χ2n) is 11.6. The zero-order valence-corrected chi connectivity index (χ0v) is 22.8. The Morgan fingerprint density at radius 3 is 1.45 bits per heavy atom. The Morgan fingerprint density at radius 1 is 0.381 bits per heavy atom. The smallest absolute Gasteiger partial charge is 0.132 e. The third kappa shape index (κ3) is 2.64. The van der Waals surface area contributed by atoms with Crippen molar-refractivity contribution in [2.45, 2.75) is 5.41 Å². The Bertz CT molecular complexity index is 2360. The van der Waals surface area contributed by atoms with E-state index in [2.05, 4.69) is 146 Å². The minimum absolute atomic E-state index is 0.549. The van der Waals surface area contributed by atoms with Crippen LogP contribution in [0.5, 0.6) is 11.5 Å². The molecule has 194 valence electrons. The molecule has 0 bridgehead atoms. The molecule has 2 aliphatic rings. The highest BCUT2D eigenvalue weighted by atomic mass is 16.5. The van der Waals surface area contributed by atoms with Crippen LogP contribution < -0.4 is 4.74 Å². The number of rotatable bonds is 0. The first-order valence-electron chi connectivity index (χ1n) is 14.6. The largest absolute Gasteiger partial charge is 0.457 e. The van der Waals surface area contributed by atoms with Gasteiger partial charge in [0.15, 0.2) is 0 Å². The first-order chi connectivity index (χ1) is 20.8. The molecule has 0 atom stereocenters. The molecule has 1 aliphatic carbocycles. The normalized spacial score (nSPS) is 14.1. The van der Waals surface area contributed by atoms with Crippen molar-refractivity contribution in [3.63, 3.8) is 0 Å². The molecule has 1 aliphatic heterocycles. The Morgan fingerprint density at radius 2 is 0.833 bits per heavy atom. The van der Waals surface area contributed by atoms with Crippen molar-refractivity contribution in [2.24, 2.45) is 0 Å². The summed E-state index contributed by atoms with van der Waals surface area (Å²) >= 11 is 0. The Kier molecular flexibility index (Phi) is 4.18. The second-order valence-corrected chi connectivity index (χ2v) is 11.6. The summed E-state index contributed by atoms with van der Waals surface area (Å²) in [6, 6.07) is 53.5. The first-order valence-corrected chi connectivity index (χ1v) is 14.6. The summed E-state index contributed by atoms with van der Waals surface area (Å²) in [5.74, 6) is 1.85. The molecule has 8 aromatic carbocycles. The summed E-state index contributed by atoms with van der Waals surface area (Å²) in [6.45, 7) is 0. The van der Waals surface area contributed by atoms with Gasteiger partial charge in [0.2, 0.25) is 0 Å². The fourth-order valence-electron chi connectivity index (χ4n) is 7.99. The molecule has 0 saturated heterocycles. The zero-order valence-electron chi connectivity index (χ0n) is 22.8. The fraction of sp³-hybridized carbons (Fsp3) is 0.0244. The Balaban J connectivity index is 1.51. The van der Waals surface area contributed by atoms with Crippen LogP contribution in [0.2, 0.25) is 0 Å². The van der Waals surface area contributed by atoms with Crippen LogP contribution >= 0.6 is 0 Å². The van der Waals surface area contributed by atoms with Gasteiger partial charge in [-0.3, -0.25) is 0 Å². The van der Waals surface area contributed by atoms with Crippen LogP contribution in [0.15, 0.2) is 146 Å². The van der Waals surface area contributed by atoms with Gasteiger partial charge in [-0.15, -0.1) is 0 Å². The monoisotopic (exact) mass is 532 g/mol. The summed E-state index contributed by atoms with van der Waals surface area (Å²) < 4.78 is 6.91. The number of benzene rings is 8. The first kappa shape index (κ1) is 22.3. The van der Waals surface area contributed by atoms with E-state index in [0.717, 1.165) is 11.5 Å². The minimum atomic E-state index is -0.549. The van der Waals surface area contributed by atoms with Gasteiger partial charge in [-0.2, -0.15) is 0 Å². The third-order valence-corrected chi connectivity index (χ3v) is 9.63. The van der Waals surface area contributed by atoms with Gasteiger partial charge in [-0.1, -0.05) is 121 Å². The maximum Gasteiger partial charge on any atom is 0.132 e. The molecule has 1 heteroatoms. The van der Waals surface area contributed by atoms with Crippen molar-refractivity contribution in [3.8, 4) is 22.6 Å². The van der Waals surface area contributed by atoms with Crippen LogP contribution in [0.4, 0.5) is 0 Å². The SMILES string of the molecule is c1ccc2c(c1)-c1c(c3ccccc3c3ccccc13)C21c2cc3ccccc3cc2Oc2cc3ccccc3cc21. The maximum atomic E-state index is 6.91. The molecule has 0 aromatic heterocycles. The van der Waals surface area contributed by atoms with Crippen LogP contribution in [0.1, 0.15) is 22.3 Å². The topological polar surface area (TPSA) is 9.23 Å². The predicted octanol–water partition coefficient (Wildman–Crippen LogP) is 10.8. The molecule has 1 spiro atoms. The van der Waals surface area contributed by atoms with Crippen molar-refractivity contribution >= 4 is 43.1 Å². The van der Waals surface area contributed by atoms with E-state index in [-0.39, 0.29) is 0 Å². The van der Waals surface area contributed by atoms with Crippen LogP contribution in [0, 0.1) is 0 Å². The third-order valence-electron chi connectivity index (χ3n) is 9.63. The highest BCUT2D eigenvalue weighted by Gasteiger charge is 2.52. The average Bonchev–Trinajstić information content (AvgIpc) is 3.35. The molecule has 10 rings (SSSR count). The average molecular weight is 533 g/mol. The van der Waals surface area contributed by atoms with Gasteiger partial charge in [0.25, 0.3) is 0 Å².